The number of fused-ring (bicyclic) bond motifs is 1. The van der Waals surface area contributed by atoms with Gasteiger partial charge in [0.25, 0.3) is 0 Å². The quantitative estimate of drug-likeness (QED) is 0.373. The molecule has 2 heterocycles. The summed E-state index contributed by atoms with van der Waals surface area (Å²) in [7, 11) is 0. The third-order valence-corrected chi connectivity index (χ3v) is 7.62. The molecule has 0 unspecified atom stereocenters. The maximum Gasteiger partial charge on any atom is 0.145 e. The van der Waals surface area contributed by atoms with E-state index in [-0.39, 0.29) is 5.41 Å². The predicted molar refractivity (Wildman–Crippen MR) is 125 cm³/mol. The molecule has 0 spiro atoms. The van der Waals surface area contributed by atoms with Gasteiger partial charge in [-0.1, -0.05) is 44.0 Å². The standard InChI is InChI=1S/C24H22Cl2N2OS/c1-24(2,3)15-5-7-17-18(12-27)23(30-22(17)11-15)28-13-16-6-9-21(29-16)14-4-8-19(25)20(26)10-14/h4,6,8-10,13,15H,5,7,11H2,1-3H3/t15-/m1/s1. The van der Waals surface area contributed by atoms with Gasteiger partial charge in [-0.15, -0.1) is 11.3 Å². The lowest BCUT2D eigenvalue weighted by atomic mass is 9.72. The van der Waals surface area contributed by atoms with Crippen molar-refractivity contribution in [2.45, 2.75) is 40.0 Å². The molecule has 0 saturated carbocycles. The first-order valence-electron chi connectivity index (χ1n) is 9.90. The molecule has 1 aliphatic rings. The third kappa shape index (κ3) is 4.21. The number of nitriles is 1. The number of hydrogen-bond acceptors (Lipinski definition) is 4. The zero-order valence-corrected chi connectivity index (χ0v) is 19.5. The van der Waals surface area contributed by atoms with Crippen LogP contribution in [0.15, 0.2) is 39.7 Å². The van der Waals surface area contributed by atoms with Crippen LogP contribution >= 0.6 is 34.5 Å². The molecular weight excluding hydrogens is 435 g/mol. The monoisotopic (exact) mass is 456 g/mol. The average molecular weight is 457 g/mol. The number of furan rings is 1. The van der Waals surface area contributed by atoms with Crippen molar-refractivity contribution >= 4 is 45.8 Å². The van der Waals surface area contributed by atoms with Gasteiger partial charge in [0.15, 0.2) is 0 Å². The van der Waals surface area contributed by atoms with Gasteiger partial charge >= 0.3 is 0 Å². The van der Waals surface area contributed by atoms with Crippen LogP contribution in [-0.2, 0) is 12.8 Å². The zero-order valence-electron chi connectivity index (χ0n) is 17.1. The average Bonchev–Trinajstić information content (AvgIpc) is 3.31. The van der Waals surface area contributed by atoms with Crippen LogP contribution in [0.1, 0.15) is 49.0 Å². The van der Waals surface area contributed by atoms with Gasteiger partial charge in [-0.25, -0.2) is 4.99 Å². The Morgan fingerprint density at radius 2 is 2.00 bits per heavy atom. The molecule has 154 valence electrons. The molecule has 0 radical (unpaired) electrons. The van der Waals surface area contributed by atoms with Crippen LogP contribution in [0.25, 0.3) is 11.3 Å². The lowest BCUT2D eigenvalue weighted by Gasteiger charge is -2.33. The first-order valence-corrected chi connectivity index (χ1v) is 11.5. The summed E-state index contributed by atoms with van der Waals surface area (Å²) >= 11 is 13.7. The SMILES string of the molecule is CC(C)(C)[C@@H]1CCc2c(sc(N=Cc3ccc(-c4ccc(Cl)c(Cl)c4)o3)c2C#N)C1. The molecule has 0 saturated heterocycles. The van der Waals surface area contributed by atoms with Crippen molar-refractivity contribution in [1.29, 1.82) is 5.26 Å². The fourth-order valence-corrected chi connectivity index (χ4v) is 5.39. The Hall–Kier alpha value is -2.06. The van der Waals surface area contributed by atoms with E-state index in [1.165, 1.54) is 10.4 Å². The summed E-state index contributed by atoms with van der Waals surface area (Å²) < 4.78 is 5.89. The second-order valence-corrected chi connectivity index (χ2v) is 10.6. The number of nitrogens with zero attached hydrogens (tertiary/aromatic N) is 2. The van der Waals surface area contributed by atoms with Crippen LogP contribution in [-0.4, -0.2) is 6.21 Å². The number of halogens is 2. The summed E-state index contributed by atoms with van der Waals surface area (Å²) in [5.74, 6) is 1.94. The third-order valence-electron chi connectivity index (χ3n) is 5.72. The van der Waals surface area contributed by atoms with Gasteiger partial charge in [0.1, 0.15) is 22.6 Å². The van der Waals surface area contributed by atoms with E-state index in [2.05, 4.69) is 31.8 Å². The maximum absolute atomic E-state index is 9.72. The Kier molecular flexibility index (Phi) is 5.81. The molecule has 4 rings (SSSR count). The molecular formula is C24H22Cl2N2OS. The van der Waals surface area contributed by atoms with Gasteiger partial charge < -0.3 is 4.42 Å². The van der Waals surface area contributed by atoms with E-state index in [4.69, 9.17) is 27.6 Å². The van der Waals surface area contributed by atoms with E-state index in [1.807, 2.05) is 18.2 Å². The lowest BCUT2D eigenvalue weighted by Crippen LogP contribution is -2.26. The Bertz CT molecular complexity index is 1160. The molecule has 2 aromatic heterocycles. The lowest BCUT2D eigenvalue weighted by molar-refractivity contribution is 0.218. The smallest absolute Gasteiger partial charge is 0.145 e. The number of rotatable bonds is 3. The zero-order chi connectivity index (χ0) is 21.5. The van der Waals surface area contributed by atoms with Crippen molar-refractivity contribution in [3.8, 4) is 17.4 Å². The summed E-state index contributed by atoms with van der Waals surface area (Å²) in [4.78, 5) is 5.91. The minimum absolute atomic E-state index is 0.271. The van der Waals surface area contributed by atoms with Crippen molar-refractivity contribution < 1.29 is 4.42 Å². The molecule has 1 atom stereocenters. The summed E-state index contributed by atoms with van der Waals surface area (Å²) in [6.45, 7) is 6.88. The van der Waals surface area contributed by atoms with Crippen LogP contribution in [0.2, 0.25) is 10.0 Å². The van der Waals surface area contributed by atoms with Crippen LogP contribution < -0.4 is 0 Å². The first-order chi connectivity index (χ1) is 14.3. The minimum atomic E-state index is 0.271. The molecule has 6 heteroatoms. The summed E-state index contributed by atoms with van der Waals surface area (Å²) in [5.41, 5.74) is 3.02. The van der Waals surface area contributed by atoms with E-state index < -0.39 is 0 Å². The van der Waals surface area contributed by atoms with Crippen LogP contribution in [0.4, 0.5) is 5.00 Å². The van der Waals surface area contributed by atoms with E-state index >= 15 is 0 Å². The van der Waals surface area contributed by atoms with E-state index in [0.29, 0.717) is 27.5 Å². The largest absolute Gasteiger partial charge is 0.455 e. The molecule has 0 N–H and O–H groups in total. The molecule has 1 aliphatic carbocycles. The van der Waals surface area contributed by atoms with Gasteiger partial charge in [0.05, 0.1) is 21.8 Å². The Morgan fingerprint density at radius 1 is 1.20 bits per heavy atom. The Labute approximate surface area is 191 Å². The Morgan fingerprint density at radius 3 is 2.70 bits per heavy atom. The van der Waals surface area contributed by atoms with Crippen molar-refractivity contribution in [3.63, 3.8) is 0 Å². The highest BCUT2D eigenvalue weighted by Gasteiger charge is 2.32. The maximum atomic E-state index is 9.72. The summed E-state index contributed by atoms with van der Waals surface area (Å²) in [6, 6.07) is 11.5. The van der Waals surface area contributed by atoms with Crippen molar-refractivity contribution in [2.24, 2.45) is 16.3 Å². The number of thiophene rings is 1. The molecule has 0 amide bonds. The highest BCUT2D eigenvalue weighted by molar-refractivity contribution is 7.16. The number of aliphatic imine (C=N–C) groups is 1. The fourth-order valence-electron chi connectivity index (χ4n) is 3.87. The van der Waals surface area contributed by atoms with Gasteiger partial charge in [-0.05, 0) is 66.5 Å². The van der Waals surface area contributed by atoms with Crippen LogP contribution in [0.5, 0.6) is 0 Å². The van der Waals surface area contributed by atoms with Gasteiger partial charge in [-0.3, -0.25) is 0 Å². The van der Waals surface area contributed by atoms with E-state index in [9.17, 15) is 5.26 Å². The van der Waals surface area contributed by atoms with Crippen molar-refractivity contribution in [3.05, 3.63) is 62.1 Å². The van der Waals surface area contributed by atoms with Crippen LogP contribution in [0.3, 0.4) is 0 Å². The molecule has 0 aliphatic heterocycles. The highest BCUT2D eigenvalue weighted by Crippen LogP contribution is 2.45. The Balaban J connectivity index is 1.58. The molecule has 30 heavy (non-hydrogen) atoms. The van der Waals surface area contributed by atoms with E-state index in [1.54, 1.807) is 29.7 Å². The van der Waals surface area contributed by atoms with E-state index in [0.717, 1.165) is 35.4 Å². The van der Waals surface area contributed by atoms with Crippen molar-refractivity contribution in [1.82, 2.24) is 0 Å². The summed E-state index contributed by atoms with van der Waals surface area (Å²) in [6.07, 6.45) is 4.78. The normalized spacial score (nSPS) is 16.6. The molecule has 0 fully saturated rings. The fraction of sp³-hybridized carbons (Fsp3) is 0.333. The highest BCUT2D eigenvalue weighted by atomic mass is 35.5. The van der Waals surface area contributed by atoms with Crippen molar-refractivity contribution in [2.75, 3.05) is 0 Å². The minimum Gasteiger partial charge on any atom is -0.455 e. The number of hydrogen-bond donors (Lipinski definition) is 0. The summed E-state index contributed by atoms with van der Waals surface area (Å²) in [5, 5.41) is 11.5. The van der Waals surface area contributed by atoms with Gasteiger partial charge in [0.2, 0.25) is 0 Å². The molecule has 0 bridgehead atoms. The topological polar surface area (TPSA) is 49.3 Å². The second-order valence-electron chi connectivity index (χ2n) is 8.69. The van der Waals surface area contributed by atoms with Crippen LogP contribution in [0, 0.1) is 22.7 Å². The molecule has 1 aromatic carbocycles. The first kappa shape index (κ1) is 21.2. The predicted octanol–water partition coefficient (Wildman–Crippen LogP) is 8.09. The molecule has 3 nitrogen and oxygen atoms in total. The van der Waals surface area contributed by atoms with Gasteiger partial charge in [0, 0.05) is 10.4 Å². The second kappa shape index (κ2) is 8.23. The number of benzene rings is 1. The van der Waals surface area contributed by atoms with Gasteiger partial charge in [-0.2, -0.15) is 5.26 Å². The molecule has 3 aromatic rings.